The van der Waals surface area contributed by atoms with Gasteiger partial charge in [0, 0.05) is 43.1 Å². The predicted molar refractivity (Wildman–Crippen MR) is 128 cm³/mol. The Bertz CT molecular complexity index is 1220. The quantitative estimate of drug-likeness (QED) is 0.395. The van der Waals surface area contributed by atoms with E-state index in [4.69, 9.17) is 21.3 Å². The molecule has 4 heterocycles. The smallest absolute Gasteiger partial charge is 0.159 e. The van der Waals surface area contributed by atoms with E-state index in [-0.39, 0.29) is 0 Å². The van der Waals surface area contributed by atoms with Gasteiger partial charge in [-0.2, -0.15) is 0 Å². The number of imidazole rings is 1. The van der Waals surface area contributed by atoms with Crippen molar-refractivity contribution in [2.45, 2.75) is 25.7 Å². The normalized spacial score (nSPS) is 14.7. The van der Waals surface area contributed by atoms with Crippen LogP contribution in [0, 0.1) is 0 Å². The van der Waals surface area contributed by atoms with Crippen LogP contribution in [0.25, 0.3) is 17.0 Å². The molecule has 1 aliphatic rings. The van der Waals surface area contributed by atoms with E-state index in [0.717, 1.165) is 97.7 Å². The number of aromatic nitrogens is 5. The van der Waals surface area contributed by atoms with E-state index in [0.29, 0.717) is 0 Å². The Balaban J connectivity index is 1.30. The van der Waals surface area contributed by atoms with Crippen molar-refractivity contribution in [2.24, 2.45) is 0 Å². The van der Waals surface area contributed by atoms with Crippen molar-refractivity contribution in [1.82, 2.24) is 29.2 Å². The van der Waals surface area contributed by atoms with Crippen LogP contribution < -0.4 is 0 Å². The topological polar surface area (TPSA) is 68.4 Å². The second-order valence-electron chi connectivity index (χ2n) is 8.22. The van der Waals surface area contributed by atoms with Crippen LogP contribution in [0.4, 0.5) is 0 Å². The summed E-state index contributed by atoms with van der Waals surface area (Å²) in [5, 5.41) is 0.782. The van der Waals surface area contributed by atoms with Gasteiger partial charge in [-0.1, -0.05) is 29.8 Å². The molecular weight excluding hydrogens is 436 g/mol. The molecular formula is C25H27ClN6O. The van der Waals surface area contributed by atoms with E-state index in [1.165, 1.54) is 0 Å². The van der Waals surface area contributed by atoms with Crippen LogP contribution in [-0.4, -0.2) is 62.1 Å². The van der Waals surface area contributed by atoms with E-state index in [9.17, 15) is 0 Å². The van der Waals surface area contributed by atoms with Gasteiger partial charge in [0.1, 0.15) is 5.82 Å². The summed E-state index contributed by atoms with van der Waals surface area (Å²) in [6, 6.07) is 9.84. The summed E-state index contributed by atoms with van der Waals surface area (Å²) < 4.78 is 7.52. The fraction of sp³-hybridized carbons (Fsp3) is 0.360. The van der Waals surface area contributed by atoms with Crippen molar-refractivity contribution < 1.29 is 4.74 Å². The van der Waals surface area contributed by atoms with Gasteiger partial charge in [0.05, 0.1) is 36.5 Å². The molecule has 170 valence electrons. The Kier molecular flexibility index (Phi) is 6.90. The van der Waals surface area contributed by atoms with Gasteiger partial charge in [0.25, 0.3) is 0 Å². The zero-order valence-corrected chi connectivity index (χ0v) is 19.3. The van der Waals surface area contributed by atoms with E-state index in [1.54, 1.807) is 0 Å². The molecule has 1 aromatic carbocycles. The monoisotopic (exact) mass is 462 g/mol. The zero-order valence-electron chi connectivity index (χ0n) is 18.5. The Labute approximate surface area is 198 Å². The number of benzene rings is 1. The molecule has 4 aromatic rings. The first-order valence-corrected chi connectivity index (χ1v) is 11.8. The summed E-state index contributed by atoms with van der Waals surface area (Å²) >= 11 is 6.30. The zero-order chi connectivity index (χ0) is 22.5. The van der Waals surface area contributed by atoms with Crippen LogP contribution in [0.15, 0.2) is 55.1 Å². The van der Waals surface area contributed by atoms with Gasteiger partial charge in [-0.05, 0) is 43.5 Å². The summed E-state index contributed by atoms with van der Waals surface area (Å²) in [6.45, 7) is 4.74. The highest BCUT2D eigenvalue weighted by Crippen LogP contribution is 2.21. The SMILES string of the molecule is Clc1ccccc1CCc1nccc(-c2cnc3c(CCCN4CCOCC4)nccn23)n1. The number of halogens is 1. The highest BCUT2D eigenvalue weighted by Gasteiger charge is 2.14. The number of rotatable bonds is 8. The molecule has 5 rings (SSSR count). The summed E-state index contributed by atoms with van der Waals surface area (Å²) in [5.74, 6) is 0.794. The highest BCUT2D eigenvalue weighted by molar-refractivity contribution is 6.31. The first-order valence-electron chi connectivity index (χ1n) is 11.4. The number of hydrogen-bond donors (Lipinski definition) is 0. The summed E-state index contributed by atoms with van der Waals surface area (Å²) in [5.41, 5.74) is 4.83. The van der Waals surface area contributed by atoms with Gasteiger partial charge in [-0.25, -0.2) is 15.0 Å². The van der Waals surface area contributed by atoms with Crippen LogP contribution in [0.2, 0.25) is 5.02 Å². The fourth-order valence-electron chi connectivity index (χ4n) is 4.24. The first kappa shape index (κ1) is 21.9. The molecule has 0 atom stereocenters. The lowest BCUT2D eigenvalue weighted by Crippen LogP contribution is -2.37. The summed E-state index contributed by atoms with van der Waals surface area (Å²) in [7, 11) is 0. The molecule has 0 unspecified atom stereocenters. The molecule has 1 aliphatic heterocycles. The lowest BCUT2D eigenvalue weighted by Gasteiger charge is -2.26. The molecule has 33 heavy (non-hydrogen) atoms. The molecule has 0 spiro atoms. The second kappa shape index (κ2) is 10.4. The number of ether oxygens (including phenoxy) is 1. The third-order valence-corrected chi connectivity index (χ3v) is 6.41. The second-order valence-corrected chi connectivity index (χ2v) is 8.63. The van der Waals surface area contributed by atoms with Gasteiger partial charge in [-0.15, -0.1) is 0 Å². The minimum absolute atomic E-state index is 0.725. The average Bonchev–Trinajstić information content (AvgIpc) is 3.30. The Morgan fingerprint density at radius 2 is 1.82 bits per heavy atom. The molecule has 0 amide bonds. The van der Waals surface area contributed by atoms with Crippen molar-refractivity contribution in [3.05, 3.63) is 77.2 Å². The minimum Gasteiger partial charge on any atom is -0.379 e. The third-order valence-electron chi connectivity index (χ3n) is 6.04. The fourth-order valence-corrected chi connectivity index (χ4v) is 4.47. The number of aryl methyl sites for hydroxylation is 3. The van der Waals surface area contributed by atoms with Crippen molar-refractivity contribution in [3.63, 3.8) is 0 Å². The lowest BCUT2D eigenvalue weighted by atomic mass is 10.1. The van der Waals surface area contributed by atoms with Gasteiger partial charge in [-0.3, -0.25) is 14.3 Å². The molecule has 8 heteroatoms. The molecule has 0 N–H and O–H groups in total. The van der Waals surface area contributed by atoms with Crippen LogP contribution in [-0.2, 0) is 24.0 Å². The molecule has 0 bridgehead atoms. The molecule has 7 nitrogen and oxygen atoms in total. The van der Waals surface area contributed by atoms with Gasteiger partial charge >= 0.3 is 0 Å². The maximum atomic E-state index is 6.30. The number of morpholine rings is 1. The first-order chi connectivity index (χ1) is 16.3. The Hall–Kier alpha value is -2.87. The van der Waals surface area contributed by atoms with Crippen LogP contribution >= 0.6 is 11.6 Å². The van der Waals surface area contributed by atoms with E-state index < -0.39 is 0 Å². The molecule has 0 radical (unpaired) electrons. The average molecular weight is 463 g/mol. The lowest BCUT2D eigenvalue weighted by molar-refractivity contribution is 0.0374. The van der Waals surface area contributed by atoms with Gasteiger partial charge in [0.15, 0.2) is 5.65 Å². The van der Waals surface area contributed by atoms with Crippen molar-refractivity contribution >= 4 is 17.2 Å². The minimum atomic E-state index is 0.725. The largest absolute Gasteiger partial charge is 0.379 e. The Morgan fingerprint density at radius 3 is 2.70 bits per heavy atom. The standard InChI is InChI=1S/C25H27ClN6O/c26-20-5-2-1-4-19(20)7-8-24-28-10-9-21(30-24)23-18-29-25-22(27-11-13-32(23)25)6-3-12-31-14-16-33-17-15-31/h1-2,4-5,9-11,13,18H,3,6-8,12,14-17H2. The number of fused-ring (bicyclic) bond motifs is 1. The van der Waals surface area contributed by atoms with Crippen LogP contribution in [0.3, 0.4) is 0 Å². The molecule has 1 saturated heterocycles. The number of nitrogens with zero attached hydrogens (tertiary/aromatic N) is 6. The maximum absolute atomic E-state index is 6.30. The molecule has 0 aliphatic carbocycles. The predicted octanol–water partition coefficient (Wildman–Crippen LogP) is 3.89. The molecule has 3 aromatic heterocycles. The van der Waals surface area contributed by atoms with Crippen LogP contribution in [0.5, 0.6) is 0 Å². The summed E-state index contributed by atoms with van der Waals surface area (Å²) in [4.78, 5) is 21.0. The van der Waals surface area contributed by atoms with Crippen molar-refractivity contribution in [3.8, 4) is 11.4 Å². The maximum Gasteiger partial charge on any atom is 0.159 e. The van der Waals surface area contributed by atoms with Gasteiger partial charge < -0.3 is 4.74 Å². The van der Waals surface area contributed by atoms with E-state index in [1.807, 2.05) is 55.1 Å². The molecule has 1 fully saturated rings. The third kappa shape index (κ3) is 5.21. The molecule has 0 saturated carbocycles. The van der Waals surface area contributed by atoms with Gasteiger partial charge in [0.2, 0.25) is 0 Å². The number of hydrogen-bond acceptors (Lipinski definition) is 6. The van der Waals surface area contributed by atoms with Crippen molar-refractivity contribution in [1.29, 1.82) is 0 Å². The highest BCUT2D eigenvalue weighted by atomic mass is 35.5. The van der Waals surface area contributed by atoms with E-state index >= 15 is 0 Å². The summed E-state index contributed by atoms with van der Waals surface area (Å²) in [6.07, 6.45) is 11.0. The van der Waals surface area contributed by atoms with E-state index in [2.05, 4.69) is 24.3 Å². The van der Waals surface area contributed by atoms with Crippen LogP contribution in [0.1, 0.15) is 23.5 Å². The van der Waals surface area contributed by atoms with Crippen molar-refractivity contribution in [2.75, 3.05) is 32.8 Å². The Morgan fingerprint density at radius 1 is 0.939 bits per heavy atom.